The Bertz CT molecular complexity index is 440. The molecular weight excluding hydrogens is 264 g/mol. The summed E-state index contributed by atoms with van der Waals surface area (Å²) in [7, 11) is 1.71. The summed E-state index contributed by atoms with van der Waals surface area (Å²) in [6.07, 6.45) is 2.72. The van der Waals surface area contributed by atoms with E-state index in [0.29, 0.717) is 0 Å². The monoisotopic (exact) mass is 284 g/mol. The molecule has 0 radical (unpaired) electrons. The predicted octanol–water partition coefficient (Wildman–Crippen LogP) is 2.07. The summed E-state index contributed by atoms with van der Waals surface area (Å²) in [6.45, 7) is 2.76. The van der Waals surface area contributed by atoms with E-state index in [-0.39, 0.29) is 12.1 Å². The fourth-order valence-corrected chi connectivity index (χ4v) is 2.73. The average molecular weight is 285 g/mol. The first kappa shape index (κ1) is 14.6. The minimum absolute atomic E-state index is 0.140. The van der Waals surface area contributed by atoms with Gasteiger partial charge in [0.15, 0.2) is 0 Å². The number of halogens is 1. The average Bonchev–Trinajstić information content (AvgIpc) is 2.85. The van der Waals surface area contributed by atoms with Gasteiger partial charge in [-0.25, -0.2) is 0 Å². The molecule has 2 unspecified atom stereocenters. The molecule has 19 heavy (non-hydrogen) atoms. The molecule has 2 atom stereocenters. The van der Waals surface area contributed by atoms with Crippen LogP contribution in [0, 0.1) is 0 Å². The summed E-state index contributed by atoms with van der Waals surface area (Å²) >= 11 is 6.16. The highest BCUT2D eigenvalue weighted by atomic mass is 35.5. The molecule has 0 saturated carbocycles. The largest absolute Gasteiger partial charge is 0.493 e. The van der Waals surface area contributed by atoms with Crippen LogP contribution in [-0.2, 0) is 17.6 Å². The first-order valence-electron chi connectivity index (χ1n) is 6.57. The minimum atomic E-state index is 0.140. The SMILES string of the molecule is COC(C)CC(Cc1cc(Cl)cc2c1OCC2)NN. The Labute approximate surface area is 119 Å². The second-order valence-corrected chi connectivity index (χ2v) is 5.44. The highest BCUT2D eigenvalue weighted by Crippen LogP contribution is 2.33. The van der Waals surface area contributed by atoms with Crippen LogP contribution in [0.5, 0.6) is 5.75 Å². The smallest absolute Gasteiger partial charge is 0.125 e. The number of benzene rings is 1. The maximum Gasteiger partial charge on any atom is 0.125 e. The van der Waals surface area contributed by atoms with Crippen molar-refractivity contribution in [2.45, 2.75) is 38.3 Å². The van der Waals surface area contributed by atoms with E-state index in [1.165, 1.54) is 5.56 Å². The molecule has 0 aromatic heterocycles. The maximum absolute atomic E-state index is 6.16. The highest BCUT2D eigenvalue weighted by molar-refractivity contribution is 6.30. The van der Waals surface area contributed by atoms with Crippen molar-refractivity contribution in [3.63, 3.8) is 0 Å². The Hall–Kier alpha value is -0.810. The standard InChI is InChI=1S/C14H21ClN2O2/c1-9(18-2)5-13(17-16)8-11-7-12(15)6-10-3-4-19-14(10)11/h6-7,9,13,17H,3-5,8,16H2,1-2H3. The van der Waals surface area contributed by atoms with Crippen molar-refractivity contribution in [2.24, 2.45) is 5.84 Å². The normalized spacial score (nSPS) is 16.8. The highest BCUT2D eigenvalue weighted by Gasteiger charge is 2.20. The summed E-state index contributed by atoms with van der Waals surface area (Å²) in [4.78, 5) is 0. The lowest BCUT2D eigenvalue weighted by molar-refractivity contribution is 0.100. The fraction of sp³-hybridized carbons (Fsp3) is 0.571. The molecule has 0 spiro atoms. The molecule has 1 aliphatic rings. The van der Waals surface area contributed by atoms with Gasteiger partial charge in [-0.15, -0.1) is 0 Å². The Morgan fingerprint density at radius 3 is 3.00 bits per heavy atom. The number of methoxy groups -OCH3 is 1. The van der Waals surface area contributed by atoms with Crippen molar-refractivity contribution < 1.29 is 9.47 Å². The zero-order chi connectivity index (χ0) is 13.8. The van der Waals surface area contributed by atoms with E-state index in [0.717, 1.165) is 42.2 Å². The van der Waals surface area contributed by atoms with Crippen molar-refractivity contribution >= 4 is 11.6 Å². The molecule has 5 heteroatoms. The van der Waals surface area contributed by atoms with E-state index in [9.17, 15) is 0 Å². The van der Waals surface area contributed by atoms with Crippen LogP contribution in [0.2, 0.25) is 5.02 Å². The van der Waals surface area contributed by atoms with Crippen molar-refractivity contribution in [3.05, 3.63) is 28.3 Å². The molecule has 106 valence electrons. The topological polar surface area (TPSA) is 56.5 Å². The zero-order valence-corrected chi connectivity index (χ0v) is 12.2. The summed E-state index contributed by atoms with van der Waals surface area (Å²) in [5.41, 5.74) is 5.16. The molecule has 1 aliphatic heterocycles. The van der Waals surface area contributed by atoms with Gasteiger partial charge in [-0.1, -0.05) is 11.6 Å². The third kappa shape index (κ3) is 3.60. The predicted molar refractivity (Wildman–Crippen MR) is 76.6 cm³/mol. The number of hydrogen-bond donors (Lipinski definition) is 2. The lowest BCUT2D eigenvalue weighted by atomic mass is 9.98. The van der Waals surface area contributed by atoms with Crippen LogP contribution in [0.15, 0.2) is 12.1 Å². The third-order valence-electron chi connectivity index (χ3n) is 3.55. The van der Waals surface area contributed by atoms with Gasteiger partial charge in [0.05, 0.1) is 12.7 Å². The molecule has 0 amide bonds. The second kappa shape index (κ2) is 6.57. The minimum Gasteiger partial charge on any atom is -0.493 e. The summed E-state index contributed by atoms with van der Waals surface area (Å²) < 4.78 is 11.0. The first-order valence-corrected chi connectivity index (χ1v) is 6.94. The van der Waals surface area contributed by atoms with E-state index >= 15 is 0 Å². The summed E-state index contributed by atoms with van der Waals surface area (Å²) in [6, 6.07) is 4.09. The number of hydrogen-bond acceptors (Lipinski definition) is 4. The van der Waals surface area contributed by atoms with Crippen LogP contribution in [0.25, 0.3) is 0 Å². The van der Waals surface area contributed by atoms with E-state index < -0.39 is 0 Å². The van der Waals surface area contributed by atoms with Gasteiger partial charge in [-0.2, -0.15) is 0 Å². The lowest BCUT2D eigenvalue weighted by Crippen LogP contribution is -2.39. The second-order valence-electron chi connectivity index (χ2n) is 5.00. The number of nitrogens with one attached hydrogen (secondary N) is 1. The van der Waals surface area contributed by atoms with E-state index in [4.69, 9.17) is 26.9 Å². The van der Waals surface area contributed by atoms with Crippen LogP contribution < -0.4 is 16.0 Å². The Balaban J connectivity index is 2.13. The Kier molecular flexibility index (Phi) is 5.05. The maximum atomic E-state index is 6.16. The third-order valence-corrected chi connectivity index (χ3v) is 3.76. The molecule has 2 rings (SSSR count). The molecule has 0 aliphatic carbocycles. The van der Waals surface area contributed by atoms with Crippen molar-refractivity contribution in [1.29, 1.82) is 0 Å². The van der Waals surface area contributed by atoms with Crippen LogP contribution in [0.4, 0.5) is 0 Å². The zero-order valence-electron chi connectivity index (χ0n) is 11.4. The molecular formula is C14H21ClN2O2. The number of hydrazine groups is 1. The van der Waals surface area contributed by atoms with Gasteiger partial charge in [-0.3, -0.25) is 11.3 Å². The van der Waals surface area contributed by atoms with Gasteiger partial charge in [-0.05, 0) is 43.0 Å². The lowest BCUT2D eigenvalue weighted by Gasteiger charge is -2.20. The number of rotatable bonds is 6. The first-order chi connectivity index (χ1) is 9.13. The molecule has 1 aromatic carbocycles. The van der Waals surface area contributed by atoms with Crippen molar-refractivity contribution in [2.75, 3.05) is 13.7 Å². The quantitative estimate of drug-likeness (QED) is 0.620. The van der Waals surface area contributed by atoms with E-state index in [2.05, 4.69) is 5.43 Å². The van der Waals surface area contributed by atoms with Crippen LogP contribution in [0.3, 0.4) is 0 Å². The molecule has 0 fully saturated rings. The van der Waals surface area contributed by atoms with Crippen LogP contribution in [-0.4, -0.2) is 25.9 Å². The molecule has 1 aromatic rings. The van der Waals surface area contributed by atoms with Crippen molar-refractivity contribution in [3.8, 4) is 5.75 Å². The summed E-state index contributed by atoms with van der Waals surface area (Å²) in [5.74, 6) is 6.61. The van der Waals surface area contributed by atoms with Crippen LogP contribution in [0.1, 0.15) is 24.5 Å². The van der Waals surface area contributed by atoms with Gasteiger partial charge in [0.2, 0.25) is 0 Å². The molecule has 0 bridgehead atoms. The molecule has 1 heterocycles. The molecule has 4 nitrogen and oxygen atoms in total. The van der Waals surface area contributed by atoms with Gasteiger partial charge >= 0.3 is 0 Å². The van der Waals surface area contributed by atoms with Gasteiger partial charge in [0.25, 0.3) is 0 Å². The Morgan fingerprint density at radius 1 is 1.53 bits per heavy atom. The van der Waals surface area contributed by atoms with E-state index in [1.807, 2.05) is 19.1 Å². The van der Waals surface area contributed by atoms with E-state index in [1.54, 1.807) is 7.11 Å². The number of fused-ring (bicyclic) bond motifs is 1. The molecule has 3 N–H and O–H groups in total. The van der Waals surface area contributed by atoms with Gasteiger partial charge < -0.3 is 9.47 Å². The fourth-order valence-electron chi connectivity index (χ4n) is 2.47. The van der Waals surface area contributed by atoms with Crippen LogP contribution >= 0.6 is 11.6 Å². The van der Waals surface area contributed by atoms with Crippen molar-refractivity contribution in [1.82, 2.24) is 5.43 Å². The van der Waals surface area contributed by atoms with Gasteiger partial charge in [0.1, 0.15) is 5.75 Å². The Morgan fingerprint density at radius 2 is 2.32 bits per heavy atom. The summed E-state index contributed by atoms with van der Waals surface area (Å²) in [5, 5.41) is 0.759. The van der Waals surface area contributed by atoms with Gasteiger partial charge in [0, 0.05) is 24.6 Å². The number of nitrogens with two attached hydrogens (primary N) is 1. The number of ether oxygens (including phenoxy) is 2. The molecule has 0 saturated heterocycles.